The lowest BCUT2D eigenvalue weighted by Gasteiger charge is -2.15. The Hall–Kier alpha value is -3.02. The summed E-state index contributed by atoms with van der Waals surface area (Å²) in [6.07, 6.45) is 0. The van der Waals surface area contributed by atoms with E-state index in [1.807, 2.05) is 38.1 Å². The molecule has 25 heavy (non-hydrogen) atoms. The van der Waals surface area contributed by atoms with E-state index in [9.17, 15) is 9.18 Å². The maximum Gasteiger partial charge on any atom is 0.291 e. The summed E-state index contributed by atoms with van der Waals surface area (Å²) in [5.74, 6) is -0.0335. The van der Waals surface area contributed by atoms with Gasteiger partial charge in [-0.25, -0.2) is 14.1 Å². The summed E-state index contributed by atoms with van der Waals surface area (Å²) < 4.78 is 14.6. The number of rotatable bonds is 4. The number of nitrogens with one attached hydrogen (secondary N) is 1. The Morgan fingerprint density at radius 1 is 1.12 bits per heavy atom. The van der Waals surface area contributed by atoms with Crippen LogP contribution in [0.25, 0.3) is 5.69 Å². The fourth-order valence-corrected chi connectivity index (χ4v) is 2.72. The summed E-state index contributed by atoms with van der Waals surface area (Å²) in [5, 5.41) is 7.17. The molecule has 0 aliphatic carbocycles. The number of aryl methyl sites for hydroxylation is 2. The first-order chi connectivity index (χ1) is 12.0. The number of hydrogen-bond donors (Lipinski definition) is 1. The lowest BCUT2D eigenvalue weighted by Crippen LogP contribution is -2.28. The van der Waals surface area contributed by atoms with Gasteiger partial charge in [-0.05, 0) is 56.2 Å². The van der Waals surface area contributed by atoms with Crippen molar-refractivity contribution >= 4 is 5.91 Å². The highest BCUT2D eigenvalue weighted by Gasteiger charge is 2.18. The number of aromatic nitrogens is 3. The Kier molecular flexibility index (Phi) is 4.61. The minimum absolute atomic E-state index is 0.0854. The first-order valence-electron chi connectivity index (χ1n) is 8.01. The van der Waals surface area contributed by atoms with Gasteiger partial charge in [0, 0.05) is 0 Å². The molecule has 1 aromatic heterocycles. The van der Waals surface area contributed by atoms with E-state index in [1.54, 1.807) is 19.1 Å². The highest BCUT2D eigenvalue weighted by atomic mass is 19.1. The fraction of sp³-hybridized carbons (Fsp3) is 0.211. The van der Waals surface area contributed by atoms with E-state index < -0.39 is 0 Å². The predicted molar refractivity (Wildman–Crippen MR) is 93.1 cm³/mol. The van der Waals surface area contributed by atoms with Crippen LogP contribution in [0.3, 0.4) is 0 Å². The molecule has 1 N–H and O–H groups in total. The number of amides is 1. The molecule has 0 fully saturated rings. The smallest absolute Gasteiger partial charge is 0.291 e. The summed E-state index contributed by atoms with van der Waals surface area (Å²) in [6.45, 7) is 5.67. The van der Waals surface area contributed by atoms with Crippen molar-refractivity contribution in [2.75, 3.05) is 0 Å². The maximum absolute atomic E-state index is 13.1. The minimum atomic E-state index is -0.347. The zero-order valence-electron chi connectivity index (χ0n) is 14.3. The topological polar surface area (TPSA) is 59.8 Å². The summed E-state index contributed by atoms with van der Waals surface area (Å²) in [6, 6.07) is 13.6. The van der Waals surface area contributed by atoms with Crippen LogP contribution in [0.1, 0.15) is 40.5 Å². The van der Waals surface area contributed by atoms with Gasteiger partial charge >= 0.3 is 0 Å². The van der Waals surface area contributed by atoms with E-state index in [4.69, 9.17) is 0 Å². The molecule has 3 aromatic rings. The quantitative estimate of drug-likeness (QED) is 0.792. The van der Waals surface area contributed by atoms with Crippen molar-refractivity contribution in [2.24, 2.45) is 0 Å². The molecule has 0 unspecified atom stereocenters. The summed E-state index contributed by atoms with van der Waals surface area (Å²) in [5.41, 5.74) is 2.80. The van der Waals surface area contributed by atoms with E-state index in [0.29, 0.717) is 11.5 Å². The standard InChI is InChI=1S/C19H19FN4O/c1-12-6-4-5-7-17(12)13(2)21-19(25)18-22-14(3)24(23-18)16-10-8-15(20)9-11-16/h4-11,13H,1-3H3,(H,21,25)/t13-/m1/s1. The molecule has 0 bridgehead atoms. The second kappa shape index (κ2) is 6.84. The Labute approximate surface area is 145 Å². The van der Waals surface area contributed by atoms with E-state index >= 15 is 0 Å². The van der Waals surface area contributed by atoms with Crippen molar-refractivity contribution < 1.29 is 9.18 Å². The number of carbonyl (C=O) groups excluding carboxylic acids is 1. The van der Waals surface area contributed by atoms with Crippen molar-refractivity contribution in [3.05, 3.63) is 77.1 Å². The fourth-order valence-electron chi connectivity index (χ4n) is 2.72. The summed E-state index contributed by atoms with van der Waals surface area (Å²) >= 11 is 0. The van der Waals surface area contributed by atoms with Crippen LogP contribution in [0.2, 0.25) is 0 Å². The van der Waals surface area contributed by atoms with Gasteiger partial charge in [-0.2, -0.15) is 0 Å². The number of hydrogen-bond acceptors (Lipinski definition) is 3. The van der Waals surface area contributed by atoms with Crippen LogP contribution in [0.5, 0.6) is 0 Å². The molecular weight excluding hydrogens is 319 g/mol. The molecule has 0 aliphatic rings. The van der Waals surface area contributed by atoms with Crippen molar-refractivity contribution in [3.8, 4) is 5.69 Å². The van der Waals surface area contributed by atoms with Gasteiger partial charge in [0.05, 0.1) is 11.7 Å². The van der Waals surface area contributed by atoms with Crippen LogP contribution >= 0.6 is 0 Å². The van der Waals surface area contributed by atoms with Gasteiger partial charge in [0.2, 0.25) is 5.82 Å². The Bertz CT molecular complexity index is 902. The molecule has 0 spiro atoms. The number of nitrogens with zero attached hydrogens (tertiary/aromatic N) is 3. The third-order valence-corrected chi connectivity index (χ3v) is 4.05. The molecule has 6 heteroatoms. The molecule has 0 radical (unpaired) electrons. The average molecular weight is 338 g/mol. The minimum Gasteiger partial charge on any atom is -0.343 e. The summed E-state index contributed by atoms with van der Waals surface area (Å²) in [4.78, 5) is 16.7. The predicted octanol–water partition coefficient (Wildman–Crippen LogP) is 3.51. The Morgan fingerprint density at radius 2 is 1.80 bits per heavy atom. The second-order valence-corrected chi connectivity index (χ2v) is 5.92. The molecule has 128 valence electrons. The third-order valence-electron chi connectivity index (χ3n) is 4.05. The number of carbonyl (C=O) groups is 1. The van der Waals surface area contributed by atoms with Crippen molar-refractivity contribution in [2.45, 2.75) is 26.8 Å². The SMILES string of the molecule is Cc1ccccc1[C@@H](C)NC(=O)c1nc(C)n(-c2ccc(F)cc2)n1. The van der Waals surface area contributed by atoms with Crippen LogP contribution in [-0.4, -0.2) is 20.7 Å². The molecule has 0 aliphatic heterocycles. The molecule has 1 amide bonds. The van der Waals surface area contributed by atoms with Crippen molar-refractivity contribution in [1.29, 1.82) is 0 Å². The van der Waals surface area contributed by atoms with Crippen LogP contribution in [0, 0.1) is 19.7 Å². The first kappa shape index (κ1) is 16.8. The molecule has 3 rings (SSSR count). The second-order valence-electron chi connectivity index (χ2n) is 5.92. The van der Waals surface area contributed by atoms with Gasteiger partial charge in [0.25, 0.3) is 5.91 Å². The summed E-state index contributed by atoms with van der Waals surface area (Å²) in [7, 11) is 0. The van der Waals surface area contributed by atoms with Gasteiger partial charge in [0.1, 0.15) is 11.6 Å². The molecule has 1 heterocycles. The Morgan fingerprint density at radius 3 is 2.48 bits per heavy atom. The molecule has 2 aromatic carbocycles. The van der Waals surface area contributed by atoms with Gasteiger partial charge in [-0.1, -0.05) is 24.3 Å². The molecule has 1 atom stereocenters. The zero-order chi connectivity index (χ0) is 18.0. The van der Waals surface area contributed by atoms with Gasteiger partial charge in [-0.3, -0.25) is 4.79 Å². The zero-order valence-corrected chi connectivity index (χ0v) is 14.3. The average Bonchev–Trinajstić information content (AvgIpc) is 2.98. The molecule has 0 saturated carbocycles. The van der Waals surface area contributed by atoms with Gasteiger partial charge in [0.15, 0.2) is 0 Å². The van der Waals surface area contributed by atoms with E-state index in [1.165, 1.54) is 16.8 Å². The highest BCUT2D eigenvalue weighted by Crippen LogP contribution is 2.17. The lowest BCUT2D eigenvalue weighted by molar-refractivity contribution is 0.0929. The van der Waals surface area contributed by atoms with Crippen LogP contribution < -0.4 is 5.32 Å². The monoisotopic (exact) mass is 338 g/mol. The van der Waals surface area contributed by atoms with Gasteiger partial charge in [-0.15, -0.1) is 5.10 Å². The van der Waals surface area contributed by atoms with Crippen LogP contribution in [-0.2, 0) is 0 Å². The largest absolute Gasteiger partial charge is 0.343 e. The number of benzene rings is 2. The van der Waals surface area contributed by atoms with Crippen LogP contribution in [0.4, 0.5) is 4.39 Å². The van der Waals surface area contributed by atoms with E-state index in [0.717, 1.165) is 11.1 Å². The van der Waals surface area contributed by atoms with Crippen LogP contribution in [0.15, 0.2) is 48.5 Å². The molecule has 5 nitrogen and oxygen atoms in total. The van der Waals surface area contributed by atoms with E-state index in [-0.39, 0.29) is 23.6 Å². The third kappa shape index (κ3) is 3.57. The first-order valence-corrected chi connectivity index (χ1v) is 8.01. The normalized spacial score (nSPS) is 12.0. The van der Waals surface area contributed by atoms with Crippen molar-refractivity contribution in [1.82, 2.24) is 20.1 Å². The number of halogens is 1. The lowest BCUT2D eigenvalue weighted by atomic mass is 10.0. The van der Waals surface area contributed by atoms with Crippen molar-refractivity contribution in [3.63, 3.8) is 0 Å². The molecule has 0 saturated heterocycles. The Balaban J connectivity index is 1.80. The maximum atomic E-state index is 13.1. The van der Waals surface area contributed by atoms with E-state index in [2.05, 4.69) is 15.4 Å². The molecular formula is C19H19FN4O. The highest BCUT2D eigenvalue weighted by molar-refractivity contribution is 5.90. The van der Waals surface area contributed by atoms with Gasteiger partial charge < -0.3 is 5.32 Å².